The standard InChI is InChI=1S/C72H136O6/c1-4-7-10-13-16-19-22-25-28-30-32-34-35-36-37-38-40-41-44-47-50-53-56-59-62-65-71(74)77-68-69(67-76-70(73)64-61-58-55-52-49-46-43-27-24-21-18-15-12-9-6-3)78-72(75)66-63-60-57-54-51-48-45-42-39-33-31-29-26-23-20-17-14-11-8-5-2/h22,25,30,32,69H,4-21,23-24,26-29,31,33-68H2,1-3H3/b25-22-,32-30-. The summed E-state index contributed by atoms with van der Waals surface area (Å²) in [5.74, 6) is -0.830. The molecule has 0 aromatic carbocycles. The molecule has 6 heteroatoms. The molecule has 0 amide bonds. The van der Waals surface area contributed by atoms with Crippen molar-refractivity contribution in [3.05, 3.63) is 24.3 Å². The van der Waals surface area contributed by atoms with Crippen LogP contribution in [-0.2, 0) is 28.6 Å². The number of allylic oxidation sites excluding steroid dienone is 4. The number of carbonyl (C=O) groups excluding carboxylic acids is 3. The van der Waals surface area contributed by atoms with Gasteiger partial charge in [0.1, 0.15) is 13.2 Å². The van der Waals surface area contributed by atoms with Crippen LogP contribution in [-0.4, -0.2) is 37.2 Å². The lowest BCUT2D eigenvalue weighted by Crippen LogP contribution is -2.30. The van der Waals surface area contributed by atoms with Gasteiger partial charge < -0.3 is 14.2 Å². The van der Waals surface area contributed by atoms with E-state index < -0.39 is 6.10 Å². The van der Waals surface area contributed by atoms with Crippen molar-refractivity contribution in [1.82, 2.24) is 0 Å². The van der Waals surface area contributed by atoms with E-state index in [-0.39, 0.29) is 31.1 Å². The maximum absolute atomic E-state index is 13.0. The molecule has 0 aliphatic carbocycles. The lowest BCUT2D eigenvalue weighted by molar-refractivity contribution is -0.167. The van der Waals surface area contributed by atoms with E-state index in [0.717, 1.165) is 64.2 Å². The van der Waals surface area contributed by atoms with Gasteiger partial charge in [-0.15, -0.1) is 0 Å². The maximum atomic E-state index is 13.0. The van der Waals surface area contributed by atoms with Crippen LogP contribution in [0.1, 0.15) is 400 Å². The predicted octanol–water partition coefficient (Wildman–Crippen LogP) is 24.2. The van der Waals surface area contributed by atoms with Crippen LogP contribution in [0.25, 0.3) is 0 Å². The van der Waals surface area contributed by atoms with Crippen LogP contribution in [0.15, 0.2) is 24.3 Å². The van der Waals surface area contributed by atoms with Gasteiger partial charge in [-0.05, 0) is 51.4 Å². The van der Waals surface area contributed by atoms with Crippen molar-refractivity contribution in [2.45, 2.75) is 406 Å². The summed E-state index contributed by atoms with van der Waals surface area (Å²) in [6.45, 7) is 6.72. The van der Waals surface area contributed by atoms with Gasteiger partial charge in [0.05, 0.1) is 0 Å². The average molecular weight is 1100 g/mol. The number of hydrogen-bond donors (Lipinski definition) is 0. The smallest absolute Gasteiger partial charge is 0.306 e. The normalized spacial score (nSPS) is 12.1. The number of ether oxygens (including phenoxy) is 3. The third kappa shape index (κ3) is 64.7. The summed E-state index contributed by atoms with van der Waals surface area (Å²) in [5, 5.41) is 0. The molecule has 0 aliphatic rings. The molecule has 0 bridgehead atoms. The van der Waals surface area contributed by atoms with Gasteiger partial charge in [-0.1, -0.05) is 353 Å². The Labute approximate surface area is 487 Å². The number of hydrogen-bond acceptors (Lipinski definition) is 6. The topological polar surface area (TPSA) is 78.9 Å². The molecule has 0 N–H and O–H groups in total. The molecule has 1 unspecified atom stereocenters. The van der Waals surface area contributed by atoms with E-state index in [1.165, 1.54) is 295 Å². The van der Waals surface area contributed by atoms with Crippen LogP contribution in [0.4, 0.5) is 0 Å². The molecule has 0 spiro atoms. The van der Waals surface area contributed by atoms with E-state index >= 15 is 0 Å². The lowest BCUT2D eigenvalue weighted by atomic mass is 10.0. The molecule has 0 rings (SSSR count). The van der Waals surface area contributed by atoms with Crippen molar-refractivity contribution in [3.63, 3.8) is 0 Å². The fraction of sp³-hybridized carbons (Fsp3) is 0.903. The van der Waals surface area contributed by atoms with E-state index in [0.29, 0.717) is 19.3 Å². The van der Waals surface area contributed by atoms with E-state index in [4.69, 9.17) is 14.2 Å². The Hall–Kier alpha value is -2.11. The summed E-state index contributed by atoms with van der Waals surface area (Å²) >= 11 is 0. The molecule has 460 valence electrons. The monoisotopic (exact) mass is 1100 g/mol. The minimum absolute atomic E-state index is 0.0640. The minimum Gasteiger partial charge on any atom is -0.462 e. The van der Waals surface area contributed by atoms with Gasteiger partial charge >= 0.3 is 17.9 Å². The summed E-state index contributed by atoms with van der Waals surface area (Å²) in [6, 6.07) is 0. The molecule has 0 heterocycles. The highest BCUT2D eigenvalue weighted by atomic mass is 16.6. The molecule has 0 saturated heterocycles. The molecule has 0 fully saturated rings. The molecule has 0 aromatic heterocycles. The zero-order chi connectivity index (χ0) is 56.4. The first-order chi connectivity index (χ1) is 38.5. The molecular formula is C72H136O6. The first-order valence-electron chi connectivity index (χ1n) is 35.3. The quantitative estimate of drug-likeness (QED) is 0.0261. The minimum atomic E-state index is -0.768. The third-order valence-corrected chi connectivity index (χ3v) is 16.2. The third-order valence-electron chi connectivity index (χ3n) is 16.2. The number of esters is 3. The van der Waals surface area contributed by atoms with Gasteiger partial charge in [0.2, 0.25) is 0 Å². The Balaban J connectivity index is 4.25. The van der Waals surface area contributed by atoms with E-state index in [1.54, 1.807) is 0 Å². The molecule has 0 saturated carbocycles. The second-order valence-corrected chi connectivity index (χ2v) is 24.2. The molecule has 78 heavy (non-hydrogen) atoms. The summed E-state index contributed by atoms with van der Waals surface area (Å²) in [6.07, 6.45) is 82.0. The highest BCUT2D eigenvalue weighted by Gasteiger charge is 2.19. The Morgan fingerprint density at radius 1 is 0.256 bits per heavy atom. The molecular weight excluding hydrogens is 961 g/mol. The first-order valence-corrected chi connectivity index (χ1v) is 35.3. The fourth-order valence-corrected chi connectivity index (χ4v) is 10.9. The zero-order valence-electron chi connectivity index (χ0n) is 53.0. The van der Waals surface area contributed by atoms with Gasteiger partial charge in [0.15, 0.2) is 6.10 Å². The SMILES string of the molecule is CCCCCCC/C=C\C/C=C\CCCCCCCCCCCCCCCC(=O)OCC(COC(=O)CCCCCCCCCCCCCCCCC)OC(=O)CCCCCCCCCCCCCCCCCCCCCC. The summed E-state index contributed by atoms with van der Waals surface area (Å²) in [5.41, 5.74) is 0. The second-order valence-electron chi connectivity index (χ2n) is 24.2. The van der Waals surface area contributed by atoms with Crippen LogP contribution >= 0.6 is 0 Å². The molecule has 0 radical (unpaired) electrons. The van der Waals surface area contributed by atoms with Crippen molar-refractivity contribution in [2.75, 3.05) is 13.2 Å². The van der Waals surface area contributed by atoms with Crippen molar-refractivity contribution in [3.8, 4) is 0 Å². The summed E-state index contributed by atoms with van der Waals surface area (Å²) in [7, 11) is 0. The number of rotatable bonds is 66. The van der Waals surface area contributed by atoms with Crippen molar-refractivity contribution >= 4 is 17.9 Å². The predicted molar refractivity (Wildman–Crippen MR) is 340 cm³/mol. The largest absolute Gasteiger partial charge is 0.462 e. The van der Waals surface area contributed by atoms with Gasteiger partial charge in [-0.25, -0.2) is 0 Å². The summed E-state index contributed by atoms with van der Waals surface area (Å²) < 4.78 is 17.0. The second kappa shape index (κ2) is 67.4. The summed E-state index contributed by atoms with van der Waals surface area (Å²) in [4.78, 5) is 38.4. The highest BCUT2D eigenvalue weighted by molar-refractivity contribution is 5.71. The molecule has 6 nitrogen and oxygen atoms in total. The van der Waals surface area contributed by atoms with Crippen LogP contribution < -0.4 is 0 Å². The molecule has 0 aromatic rings. The van der Waals surface area contributed by atoms with Crippen LogP contribution in [0.2, 0.25) is 0 Å². The van der Waals surface area contributed by atoms with Gasteiger partial charge in [0.25, 0.3) is 0 Å². The van der Waals surface area contributed by atoms with Crippen LogP contribution in [0.3, 0.4) is 0 Å². The Bertz CT molecular complexity index is 1260. The molecule has 1 atom stereocenters. The van der Waals surface area contributed by atoms with E-state index in [9.17, 15) is 14.4 Å². The highest BCUT2D eigenvalue weighted by Crippen LogP contribution is 2.19. The average Bonchev–Trinajstić information content (AvgIpc) is 3.44. The lowest BCUT2D eigenvalue weighted by Gasteiger charge is -2.18. The van der Waals surface area contributed by atoms with Crippen LogP contribution in [0, 0.1) is 0 Å². The van der Waals surface area contributed by atoms with Crippen molar-refractivity contribution < 1.29 is 28.6 Å². The van der Waals surface area contributed by atoms with Crippen molar-refractivity contribution in [2.24, 2.45) is 0 Å². The Morgan fingerprint density at radius 3 is 0.705 bits per heavy atom. The number of carbonyl (C=O) groups is 3. The first kappa shape index (κ1) is 75.9. The molecule has 0 aliphatic heterocycles. The van der Waals surface area contributed by atoms with E-state index in [1.807, 2.05) is 0 Å². The Kier molecular flexibility index (Phi) is 65.6. The maximum Gasteiger partial charge on any atom is 0.306 e. The van der Waals surface area contributed by atoms with Gasteiger partial charge in [-0.3, -0.25) is 14.4 Å². The zero-order valence-corrected chi connectivity index (χ0v) is 53.0. The van der Waals surface area contributed by atoms with Gasteiger partial charge in [-0.2, -0.15) is 0 Å². The van der Waals surface area contributed by atoms with Crippen molar-refractivity contribution in [1.29, 1.82) is 0 Å². The van der Waals surface area contributed by atoms with E-state index in [2.05, 4.69) is 45.1 Å². The Morgan fingerprint density at radius 2 is 0.462 bits per heavy atom. The van der Waals surface area contributed by atoms with Crippen LogP contribution in [0.5, 0.6) is 0 Å². The van der Waals surface area contributed by atoms with Gasteiger partial charge in [0, 0.05) is 19.3 Å². The number of unbranched alkanes of at least 4 members (excludes halogenated alkanes) is 51. The fourth-order valence-electron chi connectivity index (χ4n) is 10.9.